The molecule has 0 bridgehead atoms. The van der Waals surface area contributed by atoms with Gasteiger partial charge in [-0.25, -0.2) is 0 Å². The fourth-order valence-electron chi connectivity index (χ4n) is 8.27. The second-order valence-electron chi connectivity index (χ2n) is 13.7. The number of benzene rings is 4. The predicted octanol–water partition coefficient (Wildman–Crippen LogP) is 12.1. The van der Waals surface area contributed by atoms with Crippen LogP contribution in [0.4, 0.5) is 0 Å². The van der Waals surface area contributed by atoms with E-state index < -0.39 is 0 Å². The van der Waals surface area contributed by atoms with Crippen molar-refractivity contribution >= 4 is 66.5 Å². The van der Waals surface area contributed by atoms with Gasteiger partial charge in [0.05, 0.1) is 16.4 Å². The molecule has 5 heteroatoms. The standard InChI is InChI=1S/C46H35N3O2/c1-3-29(24-31-8-4-5-9-33(31)38-26-47-22-20-28(38)2)30-12-17-43-37(25-30)45-44(50-43)19-16-36-35-15-13-32(14-18-42(35)51-46(36)45)49-40-11-7-6-10-34(40)39-27-48-23-21-41(39)49/h4-14,16-23,25-27,29H,3,15,24H2,1-2H3. The number of para-hydroxylation sites is 1. The topological polar surface area (TPSA) is 57.0 Å². The minimum Gasteiger partial charge on any atom is -0.456 e. The Balaban J connectivity index is 1.05. The number of hydrogen-bond acceptors (Lipinski definition) is 4. The largest absolute Gasteiger partial charge is 0.456 e. The van der Waals surface area contributed by atoms with E-state index in [0.717, 1.165) is 74.5 Å². The van der Waals surface area contributed by atoms with Crippen molar-refractivity contribution < 1.29 is 8.83 Å². The van der Waals surface area contributed by atoms with Crippen LogP contribution >= 0.6 is 0 Å². The van der Waals surface area contributed by atoms with E-state index in [1.807, 2.05) is 24.8 Å². The number of hydrogen-bond donors (Lipinski definition) is 0. The van der Waals surface area contributed by atoms with E-state index >= 15 is 0 Å². The molecule has 1 aliphatic rings. The third kappa shape index (κ3) is 4.69. The summed E-state index contributed by atoms with van der Waals surface area (Å²) in [6.07, 6.45) is 17.0. The second kappa shape index (κ2) is 11.7. The van der Waals surface area contributed by atoms with Gasteiger partial charge in [0, 0.05) is 63.2 Å². The van der Waals surface area contributed by atoms with Crippen molar-refractivity contribution in [2.45, 2.75) is 39.0 Å². The first kappa shape index (κ1) is 29.7. The van der Waals surface area contributed by atoms with E-state index in [1.165, 1.54) is 44.3 Å². The first-order chi connectivity index (χ1) is 25.2. The summed E-state index contributed by atoms with van der Waals surface area (Å²) in [6.45, 7) is 4.44. The Labute approximate surface area is 295 Å². The molecule has 4 aromatic carbocycles. The van der Waals surface area contributed by atoms with Crippen LogP contribution in [0.5, 0.6) is 0 Å². The molecule has 0 N–H and O–H groups in total. The zero-order valence-corrected chi connectivity index (χ0v) is 28.6. The number of allylic oxidation sites excluding steroid dienone is 3. The Bertz CT molecular complexity index is 2830. The molecule has 0 aliphatic heterocycles. The maximum Gasteiger partial charge on any atom is 0.146 e. The van der Waals surface area contributed by atoms with Crippen molar-refractivity contribution in [3.63, 3.8) is 0 Å². The summed E-state index contributed by atoms with van der Waals surface area (Å²) >= 11 is 0. The minimum atomic E-state index is 0.341. The Morgan fingerprint density at radius 1 is 0.725 bits per heavy atom. The highest BCUT2D eigenvalue weighted by Gasteiger charge is 2.22. The van der Waals surface area contributed by atoms with Crippen LogP contribution in [-0.4, -0.2) is 14.5 Å². The van der Waals surface area contributed by atoms with E-state index in [1.54, 1.807) is 0 Å². The van der Waals surface area contributed by atoms with E-state index in [0.29, 0.717) is 5.92 Å². The summed E-state index contributed by atoms with van der Waals surface area (Å²) in [7, 11) is 0. The molecule has 0 radical (unpaired) electrons. The lowest BCUT2D eigenvalue weighted by molar-refractivity contribution is 0.603. The number of nitrogens with zero attached hydrogens (tertiary/aromatic N) is 3. The zero-order chi connectivity index (χ0) is 34.1. The van der Waals surface area contributed by atoms with Crippen LogP contribution in [0.2, 0.25) is 0 Å². The van der Waals surface area contributed by atoms with Crippen LogP contribution in [0, 0.1) is 6.92 Å². The molecule has 0 amide bonds. The molecule has 1 atom stereocenters. The maximum absolute atomic E-state index is 6.78. The lowest BCUT2D eigenvalue weighted by Gasteiger charge is -2.19. The fraction of sp³-hybridized carbons (Fsp3) is 0.130. The summed E-state index contributed by atoms with van der Waals surface area (Å²) in [5.41, 5.74) is 13.6. The second-order valence-corrected chi connectivity index (χ2v) is 13.7. The average Bonchev–Trinajstić information content (AvgIpc) is 3.78. The summed E-state index contributed by atoms with van der Waals surface area (Å²) in [4.78, 5) is 8.86. The highest BCUT2D eigenvalue weighted by molar-refractivity contribution is 6.18. The first-order valence-electron chi connectivity index (χ1n) is 17.8. The SMILES string of the molecule is CCC(Cc1ccccc1-c1cnccc1C)c1ccc2oc3ccc4c5c(oc4c3c2c1)C=CC(n1c2ccccc2c2cnccc21)=CC5. The van der Waals surface area contributed by atoms with Crippen molar-refractivity contribution in [1.29, 1.82) is 0 Å². The molecule has 246 valence electrons. The summed E-state index contributed by atoms with van der Waals surface area (Å²) in [5, 5.41) is 5.64. The van der Waals surface area contributed by atoms with E-state index in [-0.39, 0.29) is 0 Å². The smallest absolute Gasteiger partial charge is 0.146 e. The third-order valence-corrected chi connectivity index (χ3v) is 10.9. The number of pyridine rings is 2. The van der Waals surface area contributed by atoms with Gasteiger partial charge in [-0.05, 0) is 109 Å². The van der Waals surface area contributed by atoms with Crippen molar-refractivity contribution in [3.8, 4) is 11.1 Å². The molecule has 51 heavy (non-hydrogen) atoms. The first-order valence-corrected chi connectivity index (χ1v) is 17.8. The molecule has 1 unspecified atom stereocenters. The van der Waals surface area contributed by atoms with Gasteiger partial charge in [-0.15, -0.1) is 0 Å². The van der Waals surface area contributed by atoms with Gasteiger partial charge < -0.3 is 13.4 Å². The normalized spacial score (nSPS) is 13.7. The lowest BCUT2D eigenvalue weighted by Crippen LogP contribution is -2.03. The Kier molecular flexibility index (Phi) is 6.81. The van der Waals surface area contributed by atoms with E-state index in [9.17, 15) is 0 Å². The molecule has 9 aromatic rings. The third-order valence-electron chi connectivity index (χ3n) is 10.9. The van der Waals surface area contributed by atoms with Crippen LogP contribution in [0.3, 0.4) is 0 Å². The van der Waals surface area contributed by atoms with Gasteiger partial charge in [0.15, 0.2) is 0 Å². The predicted molar refractivity (Wildman–Crippen MR) is 209 cm³/mol. The van der Waals surface area contributed by atoms with Gasteiger partial charge in [-0.3, -0.25) is 9.97 Å². The molecule has 0 fully saturated rings. The molecule has 10 rings (SSSR count). The molecule has 0 saturated carbocycles. The van der Waals surface area contributed by atoms with E-state index in [4.69, 9.17) is 8.83 Å². The Hall–Kier alpha value is -6.20. The average molecular weight is 662 g/mol. The van der Waals surface area contributed by atoms with Crippen molar-refractivity contribution in [2.75, 3.05) is 0 Å². The van der Waals surface area contributed by atoms with Gasteiger partial charge in [0.1, 0.15) is 22.5 Å². The molecule has 0 saturated heterocycles. The molecular formula is C46H35N3O2. The zero-order valence-electron chi connectivity index (χ0n) is 28.6. The Morgan fingerprint density at radius 2 is 1.55 bits per heavy atom. The van der Waals surface area contributed by atoms with Gasteiger partial charge in [0.2, 0.25) is 0 Å². The van der Waals surface area contributed by atoms with Gasteiger partial charge in [-0.1, -0.05) is 61.5 Å². The number of aryl methyl sites for hydroxylation is 1. The highest BCUT2D eigenvalue weighted by Crippen LogP contribution is 2.42. The monoisotopic (exact) mass is 661 g/mol. The summed E-state index contributed by atoms with van der Waals surface area (Å²) in [5.74, 6) is 1.23. The molecule has 5 nitrogen and oxygen atoms in total. The quantitative estimate of drug-likeness (QED) is 0.178. The van der Waals surface area contributed by atoms with Gasteiger partial charge in [-0.2, -0.15) is 0 Å². The van der Waals surface area contributed by atoms with Crippen LogP contribution < -0.4 is 0 Å². The molecule has 5 aromatic heterocycles. The van der Waals surface area contributed by atoms with Gasteiger partial charge >= 0.3 is 0 Å². The van der Waals surface area contributed by atoms with Crippen LogP contribution in [-0.2, 0) is 12.8 Å². The van der Waals surface area contributed by atoms with Crippen molar-refractivity contribution in [3.05, 3.63) is 156 Å². The molecule has 1 aliphatic carbocycles. The van der Waals surface area contributed by atoms with Crippen molar-refractivity contribution in [2.24, 2.45) is 0 Å². The number of rotatable bonds is 6. The van der Waals surface area contributed by atoms with Crippen LogP contribution in [0.25, 0.3) is 77.6 Å². The van der Waals surface area contributed by atoms with Crippen LogP contribution in [0.15, 0.2) is 137 Å². The maximum atomic E-state index is 6.78. The van der Waals surface area contributed by atoms with E-state index in [2.05, 4.69) is 138 Å². The van der Waals surface area contributed by atoms with Crippen molar-refractivity contribution in [1.82, 2.24) is 14.5 Å². The Morgan fingerprint density at radius 3 is 2.47 bits per heavy atom. The van der Waals surface area contributed by atoms with Crippen LogP contribution in [0.1, 0.15) is 47.3 Å². The highest BCUT2D eigenvalue weighted by atomic mass is 16.3. The lowest BCUT2D eigenvalue weighted by atomic mass is 9.86. The summed E-state index contributed by atoms with van der Waals surface area (Å²) < 4.78 is 15.6. The molecule has 0 spiro atoms. The number of aromatic nitrogens is 3. The molecular weight excluding hydrogens is 627 g/mol. The molecule has 5 heterocycles. The van der Waals surface area contributed by atoms with Gasteiger partial charge in [0.25, 0.3) is 0 Å². The minimum absolute atomic E-state index is 0.341. The summed E-state index contributed by atoms with van der Waals surface area (Å²) in [6, 6.07) is 32.5. The fourth-order valence-corrected chi connectivity index (χ4v) is 8.27. The number of furan rings is 2. The number of fused-ring (bicyclic) bond motifs is 10.